The van der Waals surface area contributed by atoms with E-state index in [0.717, 1.165) is 5.56 Å². The fraction of sp³-hybridized carbons (Fsp3) is 0.400. The first-order valence-electron chi connectivity index (χ1n) is 7.28. The summed E-state index contributed by atoms with van der Waals surface area (Å²) in [6, 6.07) is 5.92. The van der Waals surface area contributed by atoms with Gasteiger partial charge in [0.05, 0.1) is 24.1 Å². The van der Waals surface area contributed by atoms with Gasteiger partial charge in [-0.05, 0) is 31.5 Å². The van der Waals surface area contributed by atoms with Gasteiger partial charge in [0.15, 0.2) is 0 Å². The Morgan fingerprint density at radius 2 is 2.00 bits per heavy atom. The van der Waals surface area contributed by atoms with Gasteiger partial charge in [0.1, 0.15) is 10.7 Å². The third-order valence-corrected chi connectivity index (χ3v) is 6.06. The number of aryl methyl sites for hydroxylation is 2. The van der Waals surface area contributed by atoms with Crippen LogP contribution in [0.15, 0.2) is 29.2 Å². The molecule has 3 rings (SSSR count). The first kappa shape index (κ1) is 16.1. The molecule has 8 heteroatoms. The highest BCUT2D eigenvalue weighted by Crippen LogP contribution is 2.28. The van der Waals surface area contributed by atoms with Crippen molar-refractivity contribution in [1.29, 1.82) is 0 Å². The molecule has 1 unspecified atom stereocenters. The first-order valence-corrected chi connectivity index (χ1v) is 8.72. The number of aromatic nitrogens is 2. The zero-order chi connectivity index (χ0) is 16.6. The van der Waals surface area contributed by atoms with Gasteiger partial charge in [-0.1, -0.05) is 12.1 Å². The first-order chi connectivity index (χ1) is 10.9. The SMILES string of the molecule is Cc1n[nH]c(C)c1S(=O)(=O)N1CCOC(c2ccc(F)cc2)C1. The summed E-state index contributed by atoms with van der Waals surface area (Å²) in [5.41, 5.74) is 1.73. The van der Waals surface area contributed by atoms with E-state index >= 15 is 0 Å². The quantitative estimate of drug-likeness (QED) is 0.927. The number of rotatable bonds is 3. The van der Waals surface area contributed by atoms with Crippen LogP contribution in [0.1, 0.15) is 23.1 Å². The Bertz CT molecular complexity index is 782. The number of hydrogen-bond donors (Lipinski definition) is 1. The van der Waals surface area contributed by atoms with Gasteiger partial charge >= 0.3 is 0 Å². The van der Waals surface area contributed by atoms with Crippen LogP contribution < -0.4 is 0 Å². The molecule has 6 nitrogen and oxygen atoms in total. The zero-order valence-corrected chi connectivity index (χ0v) is 13.7. The Labute approximate surface area is 134 Å². The van der Waals surface area contributed by atoms with E-state index in [1.54, 1.807) is 26.0 Å². The fourth-order valence-corrected chi connectivity index (χ4v) is 4.53. The summed E-state index contributed by atoms with van der Waals surface area (Å²) < 4.78 is 45.8. The van der Waals surface area contributed by atoms with E-state index in [0.29, 0.717) is 11.4 Å². The standard InChI is InChI=1S/C15H18FN3O3S/c1-10-15(11(2)18-17-10)23(20,21)19-7-8-22-14(9-19)12-3-5-13(16)6-4-12/h3-6,14H,7-9H2,1-2H3,(H,17,18). The largest absolute Gasteiger partial charge is 0.371 e. The number of ether oxygens (including phenoxy) is 1. The molecule has 1 fully saturated rings. The van der Waals surface area contributed by atoms with E-state index in [-0.39, 0.29) is 30.4 Å². The highest BCUT2D eigenvalue weighted by molar-refractivity contribution is 7.89. The van der Waals surface area contributed by atoms with Crippen molar-refractivity contribution in [2.75, 3.05) is 19.7 Å². The van der Waals surface area contributed by atoms with Crippen molar-refractivity contribution in [3.05, 3.63) is 47.0 Å². The highest BCUT2D eigenvalue weighted by Gasteiger charge is 2.34. The van der Waals surface area contributed by atoms with Crippen molar-refractivity contribution in [3.63, 3.8) is 0 Å². The van der Waals surface area contributed by atoms with Gasteiger partial charge in [0.2, 0.25) is 10.0 Å². The Kier molecular flexibility index (Phi) is 4.22. The number of sulfonamides is 1. The van der Waals surface area contributed by atoms with Crippen LogP contribution in [-0.2, 0) is 14.8 Å². The normalized spacial score (nSPS) is 19.9. The lowest BCUT2D eigenvalue weighted by Gasteiger charge is -2.32. The maximum atomic E-state index is 13.0. The molecule has 1 aromatic heterocycles. The van der Waals surface area contributed by atoms with Crippen LogP contribution in [0.3, 0.4) is 0 Å². The minimum absolute atomic E-state index is 0.192. The molecule has 0 aliphatic carbocycles. The maximum absolute atomic E-state index is 13.0. The van der Waals surface area contributed by atoms with Crippen molar-refractivity contribution < 1.29 is 17.5 Å². The predicted octanol–water partition coefficient (Wildman–Crippen LogP) is 1.93. The summed E-state index contributed by atoms with van der Waals surface area (Å²) in [4.78, 5) is 0.220. The number of morpholine rings is 1. The molecule has 1 atom stereocenters. The van der Waals surface area contributed by atoms with Crippen molar-refractivity contribution in [1.82, 2.24) is 14.5 Å². The lowest BCUT2D eigenvalue weighted by Crippen LogP contribution is -2.42. The lowest BCUT2D eigenvalue weighted by atomic mass is 10.1. The van der Waals surface area contributed by atoms with Crippen LogP contribution in [-0.4, -0.2) is 42.6 Å². The molecule has 0 radical (unpaired) electrons. The Morgan fingerprint density at radius 3 is 2.61 bits per heavy atom. The van der Waals surface area contributed by atoms with E-state index in [1.807, 2.05) is 0 Å². The van der Waals surface area contributed by atoms with Crippen LogP contribution in [0.25, 0.3) is 0 Å². The van der Waals surface area contributed by atoms with E-state index < -0.39 is 16.1 Å². The second-order valence-electron chi connectivity index (χ2n) is 5.54. The molecule has 0 saturated carbocycles. The molecule has 0 spiro atoms. The number of nitrogens with one attached hydrogen (secondary N) is 1. The van der Waals surface area contributed by atoms with Crippen molar-refractivity contribution in [2.45, 2.75) is 24.8 Å². The molecule has 2 aromatic rings. The van der Waals surface area contributed by atoms with Gasteiger partial charge in [-0.2, -0.15) is 9.40 Å². The van der Waals surface area contributed by atoms with E-state index in [2.05, 4.69) is 10.2 Å². The van der Waals surface area contributed by atoms with Crippen LogP contribution in [0.2, 0.25) is 0 Å². The minimum Gasteiger partial charge on any atom is -0.371 e. The molecule has 1 N–H and O–H groups in total. The van der Waals surface area contributed by atoms with E-state index in [9.17, 15) is 12.8 Å². The van der Waals surface area contributed by atoms with Gasteiger partial charge in [-0.15, -0.1) is 0 Å². The van der Waals surface area contributed by atoms with Crippen molar-refractivity contribution >= 4 is 10.0 Å². The molecule has 1 saturated heterocycles. The van der Waals surface area contributed by atoms with Crippen molar-refractivity contribution in [2.24, 2.45) is 0 Å². The molecule has 1 aromatic carbocycles. The summed E-state index contributed by atoms with van der Waals surface area (Å²) in [5.74, 6) is -0.335. The molecule has 0 bridgehead atoms. The minimum atomic E-state index is -3.64. The van der Waals surface area contributed by atoms with Gasteiger partial charge in [0.25, 0.3) is 0 Å². The van der Waals surface area contributed by atoms with E-state index in [1.165, 1.54) is 16.4 Å². The summed E-state index contributed by atoms with van der Waals surface area (Å²) in [5, 5.41) is 6.66. The number of aromatic amines is 1. The second-order valence-corrected chi connectivity index (χ2v) is 7.41. The Morgan fingerprint density at radius 1 is 1.30 bits per heavy atom. The number of H-pyrrole nitrogens is 1. The Hall–Kier alpha value is -1.77. The number of halogens is 1. The predicted molar refractivity (Wildman–Crippen MR) is 81.9 cm³/mol. The topological polar surface area (TPSA) is 75.3 Å². The lowest BCUT2D eigenvalue weighted by molar-refractivity contribution is -0.00260. The van der Waals surface area contributed by atoms with Gasteiger partial charge in [-0.3, -0.25) is 5.10 Å². The Balaban J connectivity index is 1.87. The molecule has 23 heavy (non-hydrogen) atoms. The summed E-state index contributed by atoms with van der Waals surface area (Å²) in [7, 11) is -3.64. The van der Waals surface area contributed by atoms with Crippen LogP contribution in [0, 0.1) is 19.7 Å². The monoisotopic (exact) mass is 339 g/mol. The zero-order valence-electron chi connectivity index (χ0n) is 12.9. The summed E-state index contributed by atoms with van der Waals surface area (Å²) in [6.07, 6.45) is -0.411. The number of benzene rings is 1. The van der Waals surface area contributed by atoms with E-state index in [4.69, 9.17) is 4.74 Å². The van der Waals surface area contributed by atoms with Crippen LogP contribution in [0.4, 0.5) is 4.39 Å². The molecule has 0 amide bonds. The van der Waals surface area contributed by atoms with Crippen LogP contribution >= 0.6 is 0 Å². The molecule has 2 heterocycles. The molecule has 1 aliphatic rings. The smallest absolute Gasteiger partial charge is 0.246 e. The molecule has 1 aliphatic heterocycles. The second kappa shape index (κ2) is 6.03. The highest BCUT2D eigenvalue weighted by atomic mass is 32.2. The third kappa shape index (κ3) is 3.01. The molecular formula is C15H18FN3O3S. The molecule has 124 valence electrons. The third-order valence-electron chi connectivity index (χ3n) is 3.93. The van der Waals surface area contributed by atoms with Gasteiger partial charge < -0.3 is 4.74 Å². The molecular weight excluding hydrogens is 321 g/mol. The van der Waals surface area contributed by atoms with Gasteiger partial charge in [-0.25, -0.2) is 12.8 Å². The number of hydrogen-bond acceptors (Lipinski definition) is 4. The summed E-state index contributed by atoms with van der Waals surface area (Å²) >= 11 is 0. The van der Waals surface area contributed by atoms with Gasteiger partial charge in [0, 0.05) is 13.1 Å². The van der Waals surface area contributed by atoms with Crippen LogP contribution in [0.5, 0.6) is 0 Å². The summed E-state index contributed by atoms with van der Waals surface area (Å²) in [6.45, 7) is 4.11. The fourth-order valence-electron chi connectivity index (χ4n) is 2.77. The van der Waals surface area contributed by atoms with Crippen molar-refractivity contribution in [3.8, 4) is 0 Å². The maximum Gasteiger partial charge on any atom is 0.246 e. The number of nitrogens with zero attached hydrogens (tertiary/aromatic N) is 2. The average Bonchev–Trinajstić information content (AvgIpc) is 2.88. The average molecular weight is 339 g/mol.